The van der Waals surface area contributed by atoms with Crippen LogP contribution in [-0.4, -0.2) is 37.1 Å². The molecular weight excluding hydrogens is 562 g/mol. The Hall–Kier alpha value is -4.10. The van der Waals surface area contributed by atoms with Crippen molar-refractivity contribution in [2.75, 3.05) is 5.32 Å². The van der Waals surface area contributed by atoms with E-state index in [1.165, 1.54) is 17.4 Å². The fraction of sp³-hybridized carbons (Fsp3) is 0.286. The fourth-order valence-corrected chi connectivity index (χ4v) is 5.75. The van der Waals surface area contributed by atoms with Crippen LogP contribution in [0.4, 0.5) is 29.2 Å². The van der Waals surface area contributed by atoms with Gasteiger partial charge in [-0.1, -0.05) is 6.07 Å². The summed E-state index contributed by atoms with van der Waals surface area (Å²) in [6.07, 6.45) is -0.249. The summed E-state index contributed by atoms with van der Waals surface area (Å²) in [6.45, 7) is 1.85. The van der Waals surface area contributed by atoms with Crippen LogP contribution in [0, 0.1) is 12.7 Å². The number of aromatic nitrogens is 3. The SMILES string of the molecule is Cc1cc(Nc2nccc(C(F)(F)F)n2)cc(-c2cnc([C@]3(O)CC[C@H](NC(=O)c4ccc(O)c(F)c4)CC3)s2)c1. The van der Waals surface area contributed by atoms with E-state index in [4.69, 9.17) is 0 Å². The Morgan fingerprint density at radius 1 is 1.10 bits per heavy atom. The van der Waals surface area contributed by atoms with Gasteiger partial charge in [0.1, 0.15) is 16.3 Å². The smallest absolute Gasteiger partial charge is 0.433 e. The molecule has 0 aliphatic heterocycles. The van der Waals surface area contributed by atoms with Crippen LogP contribution in [0.3, 0.4) is 0 Å². The lowest BCUT2D eigenvalue weighted by atomic mass is 9.82. The zero-order chi connectivity index (χ0) is 29.4. The maximum atomic E-state index is 13.6. The number of rotatable bonds is 6. The number of carbonyl (C=O) groups is 1. The number of hydrogen-bond acceptors (Lipinski definition) is 8. The van der Waals surface area contributed by atoms with Crippen molar-refractivity contribution in [1.82, 2.24) is 20.3 Å². The Balaban J connectivity index is 1.26. The van der Waals surface area contributed by atoms with Crippen LogP contribution in [0.2, 0.25) is 0 Å². The molecule has 1 aliphatic carbocycles. The number of alkyl halides is 3. The van der Waals surface area contributed by atoms with Crippen LogP contribution in [-0.2, 0) is 11.8 Å². The monoisotopic (exact) mass is 587 g/mol. The summed E-state index contributed by atoms with van der Waals surface area (Å²) in [5.41, 5.74) is -0.0443. The summed E-state index contributed by atoms with van der Waals surface area (Å²) in [5.74, 6) is -2.06. The van der Waals surface area contributed by atoms with Gasteiger partial charge in [-0.2, -0.15) is 13.2 Å². The first-order chi connectivity index (χ1) is 19.4. The molecular formula is C28H25F4N5O3S. The Morgan fingerprint density at radius 3 is 2.56 bits per heavy atom. The summed E-state index contributed by atoms with van der Waals surface area (Å²) < 4.78 is 52.7. The average Bonchev–Trinajstić information content (AvgIpc) is 3.43. The van der Waals surface area contributed by atoms with Gasteiger partial charge in [0.2, 0.25) is 5.95 Å². The number of halogens is 4. The van der Waals surface area contributed by atoms with Gasteiger partial charge in [-0.25, -0.2) is 19.3 Å². The lowest BCUT2D eigenvalue weighted by Gasteiger charge is -2.34. The predicted octanol–water partition coefficient (Wildman–Crippen LogP) is 6.08. The van der Waals surface area contributed by atoms with Crippen molar-refractivity contribution in [2.24, 2.45) is 0 Å². The van der Waals surface area contributed by atoms with Crippen LogP contribution >= 0.6 is 11.3 Å². The molecule has 8 nitrogen and oxygen atoms in total. The Kier molecular flexibility index (Phi) is 7.66. The van der Waals surface area contributed by atoms with Gasteiger partial charge in [0, 0.05) is 29.7 Å². The second-order valence-electron chi connectivity index (χ2n) is 9.95. The maximum Gasteiger partial charge on any atom is 0.433 e. The first kappa shape index (κ1) is 28.4. The summed E-state index contributed by atoms with van der Waals surface area (Å²) >= 11 is 1.31. The molecule has 13 heteroatoms. The summed E-state index contributed by atoms with van der Waals surface area (Å²) in [7, 11) is 0. The number of hydrogen-bond donors (Lipinski definition) is 4. The molecule has 0 saturated heterocycles. The molecule has 2 aromatic carbocycles. The van der Waals surface area contributed by atoms with Crippen LogP contribution < -0.4 is 10.6 Å². The summed E-state index contributed by atoms with van der Waals surface area (Å²) in [4.78, 5) is 25.2. The number of aryl methyl sites for hydroxylation is 1. The number of nitrogens with one attached hydrogen (secondary N) is 2. The van der Waals surface area contributed by atoms with E-state index >= 15 is 0 Å². The molecule has 0 radical (unpaired) electrons. The van der Waals surface area contributed by atoms with Gasteiger partial charge in [-0.15, -0.1) is 11.3 Å². The van der Waals surface area contributed by atoms with Gasteiger partial charge in [-0.3, -0.25) is 4.79 Å². The number of amides is 1. The van der Waals surface area contributed by atoms with Crippen molar-refractivity contribution >= 4 is 28.9 Å². The van der Waals surface area contributed by atoms with E-state index in [1.54, 1.807) is 18.3 Å². The molecule has 1 aliphatic rings. The molecule has 0 unspecified atom stereocenters. The minimum Gasteiger partial charge on any atom is -0.505 e. The Labute approximate surface area is 236 Å². The molecule has 2 heterocycles. The molecule has 41 heavy (non-hydrogen) atoms. The van der Waals surface area contributed by atoms with Crippen LogP contribution in [0.25, 0.3) is 10.4 Å². The Bertz CT molecular complexity index is 1590. The highest BCUT2D eigenvalue weighted by molar-refractivity contribution is 7.15. The van der Waals surface area contributed by atoms with Gasteiger partial charge in [0.05, 0.1) is 4.88 Å². The molecule has 0 spiro atoms. The van der Waals surface area contributed by atoms with Crippen molar-refractivity contribution in [3.63, 3.8) is 0 Å². The number of aliphatic hydroxyl groups is 1. The molecule has 1 amide bonds. The molecule has 4 aromatic rings. The van der Waals surface area contributed by atoms with E-state index in [1.807, 2.05) is 13.0 Å². The lowest BCUT2D eigenvalue weighted by Crippen LogP contribution is -2.42. The largest absolute Gasteiger partial charge is 0.505 e. The third-order valence-electron chi connectivity index (χ3n) is 6.83. The minimum atomic E-state index is -4.59. The minimum absolute atomic E-state index is 0.0948. The zero-order valence-electron chi connectivity index (χ0n) is 21.7. The number of phenols is 1. The standard InChI is InChI=1S/C28H25F4N5O3S/c1-15-10-17(12-19(11-15)36-26-33-9-6-23(37-26)28(30,31)32)22-14-34-25(41-22)27(40)7-4-18(5-8-27)35-24(39)16-2-3-21(38)20(29)13-16/h2-3,6,9-14,18,38,40H,4-5,7-8H2,1H3,(H,35,39)(H,33,36,37)/t18-,27-. The summed E-state index contributed by atoms with van der Waals surface area (Å²) in [6, 6.07) is 9.41. The molecule has 214 valence electrons. The second kappa shape index (κ2) is 11.1. The van der Waals surface area contributed by atoms with Crippen molar-refractivity contribution in [2.45, 2.75) is 50.4 Å². The highest BCUT2D eigenvalue weighted by Crippen LogP contribution is 2.41. The van der Waals surface area contributed by atoms with Gasteiger partial charge < -0.3 is 20.8 Å². The topological polar surface area (TPSA) is 120 Å². The molecule has 1 saturated carbocycles. The summed E-state index contributed by atoms with van der Waals surface area (Å²) in [5, 5.41) is 26.9. The average molecular weight is 588 g/mol. The van der Waals surface area contributed by atoms with Gasteiger partial charge in [0.25, 0.3) is 5.91 Å². The molecule has 5 rings (SSSR count). The molecule has 0 atom stereocenters. The Morgan fingerprint density at radius 2 is 1.85 bits per heavy atom. The van der Waals surface area contributed by atoms with E-state index in [0.717, 1.165) is 40.4 Å². The number of anilines is 2. The first-order valence-corrected chi connectivity index (χ1v) is 13.5. The van der Waals surface area contributed by atoms with Crippen molar-refractivity contribution < 1.29 is 32.6 Å². The normalized spacial score (nSPS) is 19.1. The van der Waals surface area contributed by atoms with Crippen molar-refractivity contribution in [3.8, 4) is 16.2 Å². The molecule has 0 bridgehead atoms. The quantitative estimate of drug-likeness (QED) is 0.202. The molecule has 2 aromatic heterocycles. The van der Waals surface area contributed by atoms with Gasteiger partial charge in [0.15, 0.2) is 11.6 Å². The van der Waals surface area contributed by atoms with E-state index < -0.39 is 34.9 Å². The molecule has 1 fully saturated rings. The third-order valence-corrected chi connectivity index (χ3v) is 8.07. The molecule has 4 N–H and O–H groups in total. The first-order valence-electron chi connectivity index (χ1n) is 12.7. The zero-order valence-corrected chi connectivity index (χ0v) is 22.5. The predicted molar refractivity (Wildman–Crippen MR) is 144 cm³/mol. The number of phenolic OH excluding ortho intramolecular Hbond substituents is 1. The van der Waals surface area contributed by atoms with Crippen molar-refractivity contribution in [3.05, 3.63) is 82.5 Å². The number of aromatic hydroxyl groups is 1. The van der Waals surface area contributed by atoms with Crippen LogP contribution in [0.5, 0.6) is 5.75 Å². The van der Waals surface area contributed by atoms with Gasteiger partial charge in [-0.05, 0) is 80.1 Å². The fourth-order valence-electron chi connectivity index (χ4n) is 4.70. The van der Waals surface area contributed by atoms with E-state index in [0.29, 0.717) is 36.4 Å². The highest BCUT2D eigenvalue weighted by atomic mass is 32.1. The number of thiazole rings is 1. The van der Waals surface area contributed by atoms with E-state index in [2.05, 4.69) is 25.6 Å². The maximum absolute atomic E-state index is 13.6. The van der Waals surface area contributed by atoms with Gasteiger partial charge >= 0.3 is 6.18 Å². The van der Waals surface area contributed by atoms with E-state index in [9.17, 15) is 32.6 Å². The van der Waals surface area contributed by atoms with E-state index in [-0.39, 0.29) is 17.6 Å². The lowest BCUT2D eigenvalue weighted by molar-refractivity contribution is -0.141. The second-order valence-corrected chi connectivity index (χ2v) is 11.0. The number of benzene rings is 2. The number of carbonyl (C=O) groups excluding carboxylic acids is 1. The van der Waals surface area contributed by atoms with Crippen LogP contribution in [0.15, 0.2) is 54.9 Å². The highest BCUT2D eigenvalue weighted by Gasteiger charge is 2.38. The number of nitrogens with zero attached hydrogens (tertiary/aromatic N) is 3. The van der Waals surface area contributed by atoms with Crippen LogP contribution in [0.1, 0.15) is 52.3 Å². The third kappa shape index (κ3) is 6.46. The van der Waals surface area contributed by atoms with Crippen molar-refractivity contribution in [1.29, 1.82) is 0 Å².